The summed E-state index contributed by atoms with van der Waals surface area (Å²) in [6, 6.07) is 4.66. The average Bonchev–Trinajstić information content (AvgIpc) is 2.34. The molecule has 0 saturated heterocycles. The highest BCUT2D eigenvalue weighted by molar-refractivity contribution is 5.59. The summed E-state index contributed by atoms with van der Waals surface area (Å²) in [6.07, 6.45) is -7.09. The van der Waals surface area contributed by atoms with Gasteiger partial charge in [-0.3, -0.25) is 0 Å². The lowest BCUT2D eigenvalue weighted by Gasteiger charge is -2.17. The summed E-state index contributed by atoms with van der Waals surface area (Å²) in [7, 11) is 2.84. The predicted molar refractivity (Wildman–Crippen MR) is 60.1 cm³/mol. The van der Waals surface area contributed by atoms with Crippen LogP contribution in [-0.4, -0.2) is 38.2 Å². The Balaban J connectivity index is 2.77. The van der Waals surface area contributed by atoms with Crippen molar-refractivity contribution in [3.63, 3.8) is 0 Å². The van der Waals surface area contributed by atoms with E-state index in [4.69, 9.17) is 14.6 Å². The molecule has 1 aromatic rings. The third kappa shape index (κ3) is 3.69. The number of aliphatic hydroxyl groups excluding tert-OH is 1. The van der Waals surface area contributed by atoms with Gasteiger partial charge in [0.05, 0.1) is 19.9 Å². The highest BCUT2D eigenvalue weighted by Gasteiger charge is 2.37. The monoisotopic (exact) mass is 265 g/mol. The SMILES string of the molecule is COc1ccc(OC)c(NCC(O)C(F)(F)F)c1. The van der Waals surface area contributed by atoms with E-state index in [1.807, 2.05) is 0 Å². The number of rotatable bonds is 5. The minimum absolute atomic E-state index is 0.320. The van der Waals surface area contributed by atoms with E-state index in [1.54, 1.807) is 12.1 Å². The smallest absolute Gasteiger partial charge is 0.416 e. The van der Waals surface area contributed by atoms with Crippen LogP contribution in [0.5, 0.6) is 11.5 Å². The third-order valence-corrected chi connectivity index (χ3v) is 2.27. The Morgan fingerprint density at radius 2 is 1.94 bits per heavy atom. The molecule has 1 rings (SSSR count). The molecule has 0 saturated carbocycles. The lowest BCUT2D eigenvalue weighted by molar-refractivity contribution is -0.198. The first-order chi connectivity index (χ1) is 8.38. The molecule has 0 radical (unpaired) electrons. The molecule has 1 atom stereocenters. The maximum atomic E-state index is 12.1. The van der Waals surface area contributed by atoms with E-state index in [0.717, 1.165) is 0 Å². The fourth-order valence-electron chi connectivity index (χ4n) is 1.27. The first-order valence-corrected chi connectivity index (χ1v) is 5.09. The van der Waals surface area contributed by atoms with Gasteiger partial charge in [0.2, 0.25) is 0 Å². The second kappa shape index (κ2) is 5.81. The van der Waals surface area contributed by atoms with Crippen molar-refractivity contribution >= 4 is 5.69 Å². The van der Waals surface area contributed by atoms with Crippen LogP contribution < -0.4 is 14.8 Å². The van der Waals surface area contributed by atoms with Crippen LogP contribution >= 0.6 is 0 Å². The summed E-state index contributed by atoms with van der Waals surface area (Å²) in [5, 5.41) is 11.3. The first kappa shape index (κ1) is 14.4. The van der Waals surface area contributed by atoms with Crippen LogP contribution in [0, 0.1) is 0 Å². The number of ether oxygens (including phenoxy) is 2. The summed E-state index contributed by atoms with van der Waals surface area (Å²) >= 11 is 0. The summed E-state index contributed by atoms with van der Waals surface area (Å²) in [6.45, 7) is -0.660. The van der Waals surface area contributed by atoms with Gasteiger partial charge in [-0.25, -0.2) is 0 Å². The molecule has 2 N–H and O–H groups in total. The van der Waals surface area contributed by atoms with Gasteiger partial charge < -0.3 is 19.9 Å². The molecule has 0 aliphatic rings. The van der Waals surface area contributed by atoms with E-state index in [1.165, 1.54) is 20.3 Å². The zero-order chi connectivity index (χ0) is 13.8. The molecule has 0 heterocycles. The summed E-state index contributed by atoms with van der Waals surface area (Å²) in [5.74, 6) is 0.838. The van der Waals surface area contributed by atoms with Gasteiger partial charge in [-0.2, -0.15) is 13.2 Å². The molecule has 7 heteroatoms. The fraction of sp³-hybridized carbons (Fsp3) is 0.455. The number of nitrogens with one attached hydrogen (secondary N) is 1. The number of halogens is 3. The van der Waals surface area contributed by atoms with Crippen molar-refractivity contribution < 1.29 is 27.8 Å². The molecule has 1 aromatic carbocycles. The number of alkyl halides is 3. The molecule has 0 aliphatic heterocycles. The standard InChI is InChI=1S/C11H14F3NO3/c1-17-7-3-4-9(18-2)8(5-7)15-6-10(16)11(12,13)14/h3-5,10,15-16H,6H2,1-2H3. The van der Waals surface area contributed by atoms with Gasteiger partial charge in [0, 0.05) is 12.6 Å². The molecular formula is C11H14F3NO3. The van der Waals surface area contributed by atoms with Gasteiger partial charge in [-0.05, 0) is 12.1 Å². The number of methoxy groups -OCH3 is 2. The Morgan fingerprint density at radius 3 is 2.44 bits per heavy atom. The summed E-state index contributed by atoms with van der Waals surface area (Å²) < 4.78 is 46.3. The molecule has 0 spiro atoms. The third-order valence-electron chi connectivity index (χ3n) is 2.27. The molecule has 102 valence electrons. The molecule has 0 bridgehead atoms. The van der Waals surface area contributed by atoms with Crippen molar-refractivity contribution in [2.45, 2.75) is 12.3 Å². The Hall–Kier alpha value is -1.63. The van der Waals surface area contributed by atoms with E-state index < -0.39 is 18.8 Å². The maximum absolute atomic E-state index is 12.1. The van der Waals surface area contributed by atoms with Crippen molar-refractivity contribution in [3.05, 3.63) is 18.2 Å². The normalized spacial score (nSPS) is 13.0. The van der Waals surface area contributed by atoms with Crippen molar-refractivity contribution in [1.82, 2.24) is 0 Å². The number of aliphatic hydroxyl groups is 1. The second-order valence-corrected chi connectivity index (χ2v) is 3.50. The molecule has 0 aromatic heterocycles. The molecular weight excluding hydrogens is 251 g/mol. The maximum Gasteiger partial charge on any atom is 0.416 e. The Kier molecular flexibility index (Phi) is 4.66. The average molecular weight is 265 g/mol. The molecule has 0 aliphatic carbocycles. The Bertz CT molecular complexity index is 396. The Morgan fingerprint density at radius 1 is 1.28 bits per heavy atom. The Labute approximate surface area is 102 Å². The van der Waals surface area contributed by atoms with Crippen LogP contribution in [0.3, 0.4) is 0 Å². The minimum Gasteiger partial charge on any atom is -0.497 e. The van der Waals surface area contributed by atoms with Gasteiger partial charge in [-0.15, -0.1) is 0 Å². The molecule has 1 unspecified atom stereocenters. The van der Waals surface area contributed by atoms with Crippen LogP contribution in [0.25, 0.3) is 0 Å². The number of hydrogen-bond donors (Lipinski definition) is 2. The van der Waals surface area contributed by atoms with E-state index in [-0.39, 0.29) is 0 Å². The minimum atomic E-state index is -4.65. The molecule has 18 heavy (non-hydrogen) atoms. The van der Waals surface area contributed by atoms with Gasteiger partial charge in [0.25, 0.3) is 0 Å². The zero-order valence-corrected chi connectivity index (χ0v) is 9.91. The lowest BCUT2D eigenvalue weighted by Crippen LogP contribution is -2.35. The van der Waals surface area contributed by atoms with E-state index in [0.29, 0.717) is 17.2 Å². The largest absolute Gasteiger partial charge is 0.497 e. The van der Waals surface area contributed by atoms with Crippen LogP contribution in [0.1, 0.15) is 0 Å². The second-order valence-electron chi connectivity index (χ2n) is 3.50. The predicted octanol–water partition coefficient (Wildman–Crippen LogP) is 2.04. The van der Waals surface area contributed by atoms with Crippen LogP contribution in [-0.2, 0) is 0 Å². The number of benzene rings is 1. The van der Waals surface area contributed by atoms with E-state index >= 15 is 0 Å². The van der Waals surface area contributed by atoms with Gasteiger partial charge in [0.15, 0.2) is 6.10 Å². The summed E-state index contributed by atoms with van der Waals surface area (Å²) in [4.78, 5) is 0. The first-order valence-electron chi connectivity index (χ1n) is 5.09. The van der Waals surface area contributed by atoms with Crippen molar-refractivity contribution in [2.24, 2.45) is 0 Å². The summed E-state index contributed by atoms with van der Waals surface area (Å²) in [5.41, 5.74) is 0.320. The van der Waals surface area contributed by atoms with E-state index in [9.17, 15) is 13.2 Å². The van der Waals surface area contributed by atoms with E-state index in [2.05, 4.69) is 5.32 Å². The number of anilines is 1. The van der Waals surface area contributed by atoms with Crippen molar-refractivity contribution in [2.75, 3.05) is 26.1 Å². The van der Waals surface area contributed by atoms with Crippen LogP contribution in [0.4, 0.5) is 18.9 Å². The molecule has 0 fully saturated rings. The molecule has 0 amide bonds. The lowest BCUT2D eigenvalue weighted by atomic mass is 10.2. The van der Waals surface area contributed by atoms with Crippen LogP contribution in [0.15, 0.2) is 18.2 Å². The van der Waals surface area contributed by atoms with Crippen molar-refractivity contribution in [3.8, 4) is 11.5 Å². The fourth-order valence-corrected chi connectivity index (χ4v) is 1.27. The van der Waals surface area contributed by atoms with Crippen molar-refractivity contribution in [1.29, 1.82) is 0 Å². The molecule has 4 nitrogen and oxygen atoms in total. The van der Waals surface area contributed by atoms with Gasteiger partial charge in [-0.1, -0.05) is 0 Å². The van der Waals surface area contributed by atoms with Gasteiger partial charge in [0.1, 0.15) is 11.5 Å². The quantitative estimate of drug-likeness (QED) is 0.855. The zero-order valence-electron chi connectivity index (χ0n) is 9.91. The highest BCUT2D eigenvalue weighted by atomic mass is 19.4. The highest BCUT2D eigenvalue weighted by Crippen LogP contribution is 2.29. The number of hydrogen-bond acceptors (Lipinski definition) is 4. The van der Waals surface area contributed by atoms with Gasteiger partial charge >= 0.3 is 6.18 Å². The van der Waals surface area contributed by atoms with Crippen LogP contribution in [0.2, 0.25) is 0 Å². The topological polar surface area (TPSA) is 50.7 Å².